The number of rotatable bonds is 17. The third-order valence-corrected chi connectivity index (χ3v) is 5.21. The molecule has 0 saturated heterocycles. The van der Waals surface area contributed by atoms with E-state index in [2.05, 4.69) is 34.6 Å². The second-order valence-corrected chi connectivity index (χ2v) is 9.29. The molecule has 156 valence electrons. The van der Waals surface area contributed by atoms with Gasteiger partial charge in [0.2, 0.25) is 0 Å². The van der Waals surface area contributed by atoms with E-state index in [-0.39, 0.29) is 11.9 Å². The zero-order valence-corrected chi connectivity index (χ0v) is 18.7. The molecule has 0 radical (unpaired) electrons. The first kappa shape index (κ1) is 25.5. The van der Waals surface area contributed by atoms with Crippen molar-refractivity contribution in [2.24, 2.45) is 11.3 Å². The summed E-state index contributed by atoms with van der Waals surface area (Å²) in [5.74, 6) is 0.214. The third-order valence-electron chi connectivity index (χ3n) is 5.21. The van der Waals surface area contributed by atoms with Gasteiger partial charge in [-0.2, -0.15) is 0 Å². The Morgan fingerprint density at radius 2 is 1.23 bits per heavy atom. The summed E-state index contributed by atoms with van der Waals surface area (Å²) in [6, 6.07) is 0. The fourth-order valence-corrected chi connectivity index (χ4v) is 3.42. The minimum absolute atomic E-state index is 0.0748. The lowest BCUT2D eigenvalue weighted by Gasteiger charge is -2.18. The van der Waals surface area contributed by atoms with Crippen molar-refractivity contribution in [2.75, 3.05) is 6.61 Å². The van der Waals surface area contributed by atoms with E-state index >= 15 is 0 Å². The van der Waals surface area contributed by atoms with Gasteiger partial charge in [0.1, 0.15) is 0 Å². The third kappa shape index (κ3) is 16.9. The van der Waals surface area contributed by atoms with Crippen LogP contribution < -0.4 is 0 Å². The lowest BCUT2D eigenvalue weighted by Crippen LogP contribution is -2.19. The van der Waals surface area contributed by atoms with Crippen LogP contribution in [0.3, 0.4) is 0 Å². The van der Waals surface area contributed by atoms with E-state index in [9.17, 15) is 4.79 Å². The second-order valence-electron chi connectivity index (χ2n) is 9.29. The van der Waals surface area contributed by atoms with Crippen LogP contribution in [0.5, 0.6) is 0 Å². The fourth-order valence-electron chi connectivity index (χ4n) is 3.42. The van der Waals surface area contributed by atoms with Crippen LogP contribution in [0, 0.1) is 11.3 Å². The largest absolute Gasteiger partial charge is 0.465 e. The van der Waals surface area contributed by atoms with Crippen LogP contribution >= 0.6 is 0 Å². The Hall–Kier alpha value is -0.530. The predicted octanol–water partition coefficient (Wildman–Crippen LogP) is 8.08. The van der Waals surface area contributed by atoms with Crippen LogP contribution in [0.25, 0.3) is 0 Å². The van der Waals surface area contributed by atoms with Gasteiger partial charge < -0.3 is 4.74 Å². The molecule has 0 aromatic rings. The minimum atomic E-state index is 0.0748. The smallest absolute Gasteiger partial charge is 0.308 e. The van der Waals surface area contributed by atoms with Gasteiger partial charge in [0, 0.05) is 0 Å². The highest BCUT2D eigenvalue weighted by Gasteiger charge is 2.19. The van der Waals surface area contributed by atoms with Gasteiger partial charge in [0.15, 0.2) is 0 Å². The van der Waals surface area contributed by atoms with Crippen molar-refractivity contribution in [3.63, 3.8) is 0 Å². The number of carbonyl (C=O) groups excluding carboxylic acids is 1. The standard InChI is InChI=1S/C24H48O2/c1-6-8-10-12-13-15-19-22(18-14-11-9-7-2)23(25)26-21-17-16-20-24(3,4)5/h22H,6-21H2,1-5H3. The maximum Gasteiger partial charge on any atom is 0.308 e. The molecule has 0 aliphatic carbocycles. The zero-order valence-electron chi connectivity index (χ0n) is 18.7. The molecule has 2 nitrogen and oxygen atoms in total. The molecule has 0 amide bonds. The molecule has 0 bridgehead atoms. The Morgan fingerprint density at radius 3 is 1.77 bits per heavy atom. The Morgan fingerprint density at radius 1 is 0.731 bits per heavy atom. The van der Waals surface area contributed by atoms with Gasteiger partial charge in [0.25, 0.3) is 0 Å². The van der Waals surface area contributed by atoms with Gasteiger partial charge in [-0.3, -0.25) is 4.79 Å². The molecular weight excluding hydrogens is 320 g/mol. The van der Waals surface area contributed by atoms with E-state index in [1.807, 2.05) is 0 Å². The first-order chi connectivity index (χ1) is 12.4. The van der Waals surface area contributed by atoms with E-state index in [1.165, 1.54) is 70.6 Å². The highest BCUT2D eigenvalue weighted by Crippen LogP contribution is 2.23. The average molecular weight is 369 g/mol. The molecule has 0 fully saturated rings. The summed E-state index contributed by atoms with van der Waals surface area (Å²) in [5, 5.41) is 0. The Labute approximate surface area is 164 Å². The van der Waals surface area contributed by atoms with Crippen LogP contribution in [-0.4, -0.2) is 12.6 Å². The Kier molecular flexibility index (Phi) is 16.3. The van der Waals surface area contributed by atoms with Crippen molar-refractivity contribution in [1.82, 2.24) is 0 Å². The lowest BCUT2D eigenvalue weighted by molar-refractivity contribution is -0.149. The van der Waals surface area contributed by atoms with Gasteiger partial charge in [-0.25, -0.2) is 0 Å². The fraction of sp³-hybridized carbons (Fsp3) is 0.958. The molecule has 0 aromatic carbocycles. The number of esters is 1. The van der Waals surface area contributed by atoms with Crippen molar-refractivity contribution in [1.29, 1.82) is 0 Å². The summed E-state index contributed by atoms with van der Waals surface area (Å²) in [6.45, 7) is 11.9. The second kappa shape index (κ2) is 16.6. The summed E-state index contributed by atoms with van der Waals surface area (Å²) in [7, 11) is 0. The van der Waals surface area contributed by atoms with E-state index in [1.54, 1.807) is 0 Å². The number of unbranched alkanes of at least 4 members (excludes halogenated alkanes) is 9. The monoisotopic (exact) mass is 368 g/mol. The van der Waals surface area contributed by atoms with E-state index in [0.29, 0.717) is 12.0 Å². The summed E-state index contributed by atoms with van der Waals surface area (Å²) in [4.78, 5) is 12.5. The molecule has 0 saturated carbocycles. The molecule has 1 atom stereocenters. The zero-order chi connectivity index (χ0) is 19.7. The Balaban J connectivity index is 4.06. The number of hydrogen-bond acceptors (Lipinski definition) is 2. The van der Waals surface area contributed by atoms with Crippen molar-refractivity contribution in [3.05, 3.63) is 0 Å². The van der Waals surface area contributed by atoms with Gasteiger partial charge in [-0.1, -0.05) is 98.8 Å². The first-order valence-corrected chi connectivity index (χ1v) is 11.6. The Bertz CT molecular complexity index is 317. The molecule has 2 heteroatoms. The topological polar surface area (TPSA) is 26.3 Å². The number of carbonyl (C=O) groups is 1. The molecule has 0 spiro atoms. The summed E-state index contributed by atoms with van der Waals surface area (Å²) in [5.41, 5.74) is 0.379. The van der Waals surface area contributed by atoms with Gasteiger partial charge in [-0.15, -0.1) is 0 Å². The molecule has 0 heterocycles. The SMILES string of the molecule is CCCCCCCCC(CCCCCC)C(=O)OCCCCC(C)(C)C. The number of hydrogen-bond donors (Lipinski definition) is 0. The van der Waals surface area contributed by atoms with Crippen molar-refractivity contribution >= 4 is 5.97 Å². The molecule has 0 aromatic heterocycles. The van der Waals surface area contributed by atoms with Crippen LogP contribution in [0.1, 0.15) is 131 Å². The average Bonchev–Trinajstić information content (AvgIpc) is 2.58. The lowest BCUT2D eigenvalue weighted by atomic mass is 9.90. The normalized spacial score (nSPS) is 13.0. The highest BCUT2D eigenvalue weighted by atomic mass is 16.5. The molecule has 0 aliphatic rings. The van der Waals surface area contributed by atoms with E-state index in [4.69, 9.17) is 4.74 Å². The predicted molar refractivity (Wildman–Crippen MR) is 115 cm³/mol. The number of ether oxygens (including phenoxy) is 1. The van der Waals surface area contributed by atoms with Crippen LogP contribution in [-0.2, 0) is 9.53 Å². The molecular formula is C24H48O2. The van der Waals surface area contributed by atoms with Gasteiger partial charge in [-0.05, 0) is 37.5 Å². The summed E-state index contributed by atoms with van der Waals surface area (Å²) >= 11 is 0. The molecule has 0 rings (SSSR count). The summed E-state index contributed by atoms with van der Waals surface area (Å²) in [6.07, 6.45) is 18.1. The molecule has 1 unspecified atom stereocenters. The quantitative estimate of drug-likeness (QED) is 0.191. The minimum Gasteiger partial charge on any atom is -0.465 e. The molecule has 26 heavy (non-hydrogen) atoms. The molecule has 0 aliphatic heterocycles. The van der Waals surface area contributed by atoms with Crippen LogP contribution in [0.2, 0.25) is 0 Å². The van der Waals surface area contributed by atoms with Crippen LogP contribution in [0.15, 0.2) is 0 Å². The summed E-state index contributed by atoms with van der Waals surface area (Å²) < 4.78 is 5.63. The first-order valence-electron chi connectivity index (χ1n) is 11.6. The van der Waals surface area contributed by atoms with E-state index < -0.39 is 0 Å². The molecule has 0 N–H and O–H groups in total. The van der Waals surface area contributed by atoms with Crippen molar-refractivity contribution in [3.8, 4) is 0 Å². The van der Waals surface area contributed by atoms with E-state index in [0.717, 1.165) is 25.7 Å². The van der Waals surface area contributed by atoms with Crippen molar-refractivity contribution < 1.29 is 9.53 Å². The highest BCUT2D eigenvalue weighted by molar-refractivity contribution is 5.72. The van der Waals surface area contributed by atoms with Crippen molar-refractivity contribution in [2.45, 2.75) is 131 Å². The van der Waals surface area contributed by atoms with Gasteiger partial charge >= 0.3 is 5.97 Å². The van der Waals surface area contributed by atoms with Crippen LogP contribution in [0.4, 0.5) is 0 Å². The maximum atomic E-state index is 12.5. The maximum absolute atomic E-state index is 12.5. The van der Waals surface area contributed by atoms with Gasteiger partial charge in [0.05, 0.1) is 12.5 Å².